The van der Waals surface area contributed by atoms with Gasteiger partial charge in [0.1, 0.15) is 6.61 Å². The summed E-state index contributed by atoms with van der Waals surface area (Å²) in [5, 5.41) is 20.9. The minimum atomic E-state index is -1.88. The number of ether oxygens (including phenoxy) is 1. The zero-order valence-electron chi connectivity index (χ0n) is 16.4. The fourth-order valence-electron chi connectivity index (χ4n) is 4.11. The van der Waals surface area contributed by atoms with Gasteiger partial charge in [-0.2, -0.15) is 0 Å². The molecule has 0 aliphatic carbocycles. The minimum Gasteiger partial charge on any atom is -0.478 e. The molecular formula is C21H16N2NaO6. The number of carboxylic acid groups (broad SMARTS) is 1. The van der Waals surface area contributed by atoms with Gasteiger partial charge in [0, 0.05) is 46.1 Å². The van der Waals surface area contributed by atoms with Gasteiger partial charge in [-0.1, -0.05) is 13.0 Å². The smallest absolute Gasteiger partial charge is 0.343 e. The molecule has 3 aromatic rings. The Morgan fingerprint density at radius 2 is 2.03 bits per heavy atom. The first-order chi connectivity index (χ1) is 13.8. The van der Waals surface area contributed by atoms with Crippen molar-refractivity contribution in [3.05, 3.63) is 62.9 Å². The maximum atomic E-state index is 13.1. The fourth-order valence-corrected chi connectivity index (χ4v) is 4.11. The molecule has 4 heterocycles. The molecule has 8 nitrogen and oxygen atoms in total. The number of aromatic nitrogens is 2. The van der Waals surface area contributed by atoms with E-state index >= 15 is 0 Å². The van der Waals surface area contributed by atoms with Gasteiger partial charge in [0.25, 0.3) is 5.56 Å². The summed E-state index contributed by atoms with van der Waals surface area (Å²) in [6, 6.07) is 8.19. The maximum absolute atomic E-state index is 13.1. The number of fused-ring (bicyclic) bond motifs is 5. The molecule has 2 N–H and O–H groups in total. The number of hydrogen-bond donors (Lipinski definition) is 2. The van der Waals surface area contributed by atoms with Crippen LogP contribution in [0.3, 0.4) is 0 Å². The number of carbonyl (C=O) groups excluding carboxylic acids is 1. The molecule has 0 saturated carbocycles. The monoisotopic (exact) mass is 415 g/mol. The number of hydrogen-bond acceptors (Lipinski definition) is 6. The molecule has 0 fully saturated rings. The normalized spacial score (nSPS) is 18.8. The van der Waals surface area contributed by atoms with Crippen LogP contribution in [0.5, 0.6) is 0 Å². The van der Waals surface area contributed by atoms with Crippen LogP contribution in [-0.2, 0) is 28.3 Å². The number of aromatic carboxylic acids is 1. The van der Waals surface area contributed by atoms with Gasteiger partial charge in [-0.25, -0.2) is 14.6 Å². The van der Waals surface area contributed by atoms with E-state index in [1.165, 1.54) is 12.1 Å². The molecule has 5 rings (SSSR count). The largest absolute Gasteiger partial charge is 0.478 e. The Labute approximate surface area is 192 Å². The molecule has 1 unspecified atom stereocenters. The average Bonchev–Trinajstić information content (AvgIpc) is 3.07. The van der Waals surface area contributed by atoms with Crippen molar-refractivity contribution in [1.82, 2.24) is 9.55 Å². The SMILES string of the molecule is CCC1(O)C(=O)OCc2c1cc1n(c2=O)Cc2cc3ccc(C(=O)O)cc3nc2-1.[Na]. The average molecular weight is 415 g/mol. The molecule has 0 amide bonds. The zero-order chi connectivity index (χ0) is 20.5. The number of nitrogens with zero attached hydrogens (tertiary/aromatic N) is 2. The second kappa shape index (κ2) is 7.02. The second-order valence-electron chi connectivity index (χ2n) is 7.31. The van der Waals surface area contributed by atoms with Crippen LogP contribution in [0.25, 0.3) is 22.3 Å². The standard InChI is InChI=1S/C21H16N2O6.Na/c1-2-21(28)14-7-16-17-12(8-23(16)18(24)13(14)9-29-20(21)27)5-10-3-4-11(19(25)26)6-15(10)22-17;/h3-7,28H,2,8-9H2,1H3,(H,25,26);. The van der Waals surface area contributed by atoms with E-state index in [0.717, 1.165) is 10.9 Å². The van der Waals surface area contributed by atoms with Crippen LogP contribution in [0, 0.1) is 0 Å². The summed E-state index contributed by atoms with van der Waals surface area (Å²) in [7, 11) is 0. The van der Waals surface area contributed by atoms with Gasteiger partial charge in [0.05, 0.1) is 34.6 Å². The summed E-state index contributed by atoms with van der Waals surface area (Å²) in [6.07, 6.45) is 0.0711. The summed E-state index contributed by atoms with van der Waals surface area (Å²) in [5.74, 6) is -1.82. The number of carbonyl (C=O) groups is 2. The van der Waals surface area contributed by atoms with Crippen molar-refractivity contribution in [3.63, 3.8) is 0 Å². The zero-order valence-corrected chi connectivity index (χ0v) is 18.4. The summed E-state index contributed by atoms with van der Waals surface area (Å²) in [5.41, 5.74) is 0.770. The molecule has 2 aliphatic rings. The summed E-state index contributed by atoms with van der Waals surface area (Å²) >= 11 is 0. The Balaban J connectivity index is 0.00000218. The summed E-state index contributed by atoms with van der Waals surface area (Å²) in [4.78, 5) is 41.1. The van der Waals surface area contributed by atoms with Gasteiger partial charge in [-0.3, -0.25) is 4.79 Å². The Bertz CT molecular complexity index is 1320. The third-order valence-electron chi connectivity index (χ3n) is 5.76. The van der Waals surface area contributed by atoms with Crippen LogP contribution < -0.4 is 5.56 Å². The Morgan fingerprint density at radius 3 is 2.73 bits per heavy atom. The Morgan fingerprint density at radius 1 is 1.27 bits per heavy atom. The second-order valence-corrected chi connectivity index (χ2v) is 7.31. The van der Waals surface area contributed by atoms with Crippen LogP contribution in [0.1, 0.15) is 40.4 Å². The molecule has 0 bridgehead atoms. The van der Waals surface area contributed by atoms with E-state index in [1.807, 2.05) is 6.07 Å². The molecule has 1 atom stereocenters. The number of benzene rings is 1. The number of carboxylic acids is 1. The predicted octanol–water partition coefficient (Wildman–Crippen LogP) is 1.40. The Kier molecular flexibility index (Phi) is 4.85. The number of esters is 1. The molecule has 30 heavy (non-hydrogen) atoms. The quantitative estimate of drug-likeness (QED) is 0.375. The van der Waals surface area contributed by atoms with E-state index in [9.17, 15) is 24.6 Å². The molecule has 147 valence electrons. The number of aliphatic hydroxyl groups is 1. The molecule has 2 aliphatic heterocycles. The molecule has 9 heteroatoms. The number of pyridine rings is 2. The van der Waals surface area contributed by atoms with Crippen LogP contribution in [-0.4, -0.2) is 61.3 Å². The molecule has 1 aromatic carbocycles. The van der Waals surface area contributed by atoms with Gasteiger partial charge in [0.15, 0.2) is 5.60 Å². The molecule has 2 aromatic heterocycles. The van der Waals surface area contributed by atoms with Crippen molar-refractivity contribution in [2.45, 2.75) is 32.1 Å². The fraction of sp³-hybridized carbons (Fsp3) is 0.238. The van der Waals surface area contributed by atoms with Crippen LogP contribution in [0.15, 0.2) is 35.1 Å². The molecule has 0 saturated heterocycles. The molecule has 0 spiro atoms. The van der Waals surface area contributed by atoms with Gasteiger partial charge in [-0.05, 0) is 30.7 Å². The predicted molar refractivity (Wildman–Crippen MR) is 107 cm³/mol. The van der Waals surface area contributed by atoms with E-state index in [4.69, 9.17) is 4.74 Å². The number of cyclic esters (lactones) is 1. The van der Waals surface area contributed by atoms with Gasteiger partial charge in [-0.15, -0.1) is 0 Å². The van der Waals surface area contributed by atoms with E-state index in [-0.39, 0.29) is 64.8 Å². The topological polar surface area (TPSA) is 119 Å². The van der Waals surface area contributed by atoms with E-state index in [1.54, 1.807) is 23.6 Å². The molecular weight excluding hydrogens is 399 g/mol. The first-order valence-electron chi connectivity index (χ1n) is 9.17. The van der Waals surface area contributed by atoms with E-state index < -0.39 is 17.5 Å². The first-order valence-corrected chi connectivity index (χ1v) is 9.17. The van der Waals surface area contributed by atoms with Gasteiger partial charge >= 0.3 is 11.9 Å². The Hall–Kier alpha value is -2.52. The summed E-state index contributed by atoms with van der Waals surface area (Å²) < 4.78 is 6.60. The van der Waals surface area contributed by atoms with Gasteiger partial charge < -0.3 is 19.5 Å². The van der Waals surface area contributed by atoms with Crippen molar-refractivity contribution in [2.75, 3.05) is 0 Å². The van der Waals surface area contributed by atoms with Crippen molar-refractivity contribution in [3.8, 4) is 11.4 Å². The van der Waals surface area contributed by atoms with Crippen molar-refractivity contribution >= 4 is 52.4 Å². The van der Waals surface area contributed by atoms with Crippen molar-refractivity contribution < 1.29 is 24.5 Å². The van der Waals surface area contributed by atoms with Crippen LogP contribution in [0.2, 0.25) is 0 Å². The van der Waals surface area contributed by atoms with Crippen LogP contribution >= 0.6 is 0 Å². The first kappa shape index (κ1) is 20.7. The minimum absolute atomic E-state index is 0. The molecule has 1 radical (unpaired) electrons. The third-order valence-corrected chi connectivity index (χ3v) is 5.76. The van der Waals surface area contributed by atoms with E-state index in [0.29, 0.717) is 23.4 Å². The van der Waals surface area contributed by atoms with Crippen molar-refractivity contribution in [2.24, 2.45) is 0 Å². The van der Waals surface area contributed by atoms with Crippen LogP contribution in [0.4, 0.5) is 0 Å². The van der Waals surface area contributed by atoms with E-state index in [2.05, 4.69) is 4.98 Å². The third kappa shape index (κ3) is 2.75. The van der Waals surface area contributed by atoms with Gasteiger partial charge in [0.2, 0.25) is 0 Å². The summed E-state index contributed by atoms with van der Waals surface area (Å²) in [6.45, 7) is 1.77. The number of rotatable bonds is 2. The maximum Gasteiger partial charge on any atom is 0.343 e. The van der Waals surface area contributed by atoms with Crippen molar-refractivity contribution in [1.29, 1.82) is 0 Å².